The molecule has 192 valence electrons. The molecule has 1 amide bonds. The van der Waals surface area contributed by atoms with Gasteiger partial charge in [-0.1, -0.05) is 32.0 Å². The summed E-state index contributed by atoms with van der Waals surface area (Å²) in [5.41, 5.74) is 3.12. The van der Waals surface area contributed by atoms with Gasteiger partial charge in [0.25, 0.3) is 5.91 Å². The molecule has 4 aromatic rings. The maximum atomic E-state index is 13.0. The Balaban J connectivity index is 1.40. The third-order valence-corrected chi connectivity index (χ3v) is 6.38. The number of rotatable bonds is 6. The summed E-state index contributed by atoms with van der Waals surface area (Å²) in [4.78, 5) is 33.0. The number of fused-ring (bicyclic) bond motifs is 1. The number of hydrogen-bond donors (Lipinski definition) is 2. The number of hydrogen-bond acceptors (Lipinski definition) is 10. The van der Waals surface area contributed by atoms with Gasteiger partial charge < -0.3 is 24.8 Å². The molecule has 1 saturated heterocycles. The molecule has 5 rings (SSSR count). The summed E-state index contributed by atoms with van der Waals surface area (Å²) >= 11 is 0. The Morgan fingerprint density at radius 1 is 1.16 bits per heavy atom. The molecule has 1 unspecified atom stereocenters. The fraction of sp³-hybridized carbons (Fsp3) is 0.385. The van der Waals surface area contributed by atoms with Crippen molar-refractivity contribution in [2.45, 2.75) is 45.6 Å². The third kappa shape index (κ3) is 5.21. The van der Waals surface area contributed by atoms with Gasteiger partial charge in [0.15, 0.2) is 11.6 Å². The van der Waals surface area contributed by atoms with E-state index in [2.05, 4.69) is 30.7 Å². The second kappa shape index (κ2) is 9.74. The van der Waals surface area contributed by atoms with E-state index in [1.54, 1.807) is 24.4 Å². The molecule has 1 aliphatic heterocycles. The first-order chi connectivity index (χ1) is 17.7. The highest BCUT2D eigenvalue weighted by Crippen LogP contribution is 2.28. The average Bonchev–Trinajstić information content (AvgIpc) is 3.57. The topological polar surface area (TPSA) is 131 Å². The minimum absolute atomic E-state index is 0.208. The van der Waals surface area contributed by atoms with Gasteiger partial charge in [-0.2, -0.15) is 0 Å². The molecule has 0 aliphatic carbocycles. The SMILES string of the molecule is Cc1ccc(C(=O)Nc2cc(C(C)(C)C)on2)cc1Nc1ncnc2cnc(N(C)C3CCOC3)nc12. The Kier molecular flexibility index (Phi) is 6.46. The number of carbonyl (C=O) groups is 1. The summed E-state index contributed by atoms with van der Waals surface area (Å²) in [6.45, 7) is 9.38. The van der Waals surface area contributed by atoms with Crippen molar-refractivity contribution < 1.29 is 14.1 Å². The molecule has 1 fully saturated rings. The van der Waals surface area contributed by atoms with Crippen molar-refractivity contribution in [3.8, 4) is 0 Å². The van der Waals surface area contributed by atoms with Crippen LogP contribution in [0.2, 0.25) is 0 Å². The van der Waals surface area contributed by atoms with Crippen LogP contribution in [-0.4, -0.2) is 57.3 Å². The maximum Gasteiger partial charge on any atom is 0.256 e. The first kappa shape index (κ1) is 24.6. The molecule has 11 nitrogen and oxygen atoms in total. The molecule has 0 spiro atoms. The Bertz CT molecular complexity index is 1440. The van der Waals surface area contributed by atoms with Crippen molar-refractivity contribution in [1.82, 2.24) is 25.1 Å². The average molecular weight is 503 g/mol. The van der Waals surface area contributed by atoms with E-state index in [4.69, 9.17) is 14.2 Å². The van der Waals surface area contributed by atoms with Crippen LogP contribution >= 0.6 is 0 Å². The largest absolute Gasteiger partial charge is 0.379 e. The summed E-state index contributed by atoms with van der Waals surface area (Å²) in [7, 11) is 1.96. The number of nitrogens with zero attached hydrogens (tertiary/aromatic N) is 6. The smallest absolute Gasteiger partial charge is 0.256 e. The van der Waals surface area contributed by atoms with Gasteiger partial charge in [-0.3, -0.25) is 4.79 Å². The molecule has 37 heavy (non-hydrogen) atoms. The molecule has 4 heterocycles. The lowest BCUT2D eigenvalue weighted by atomic mass is 9.93. The quantitative estimate of drug-likeness (QED) is 0.395. The highest BCUT2D eigenvalue weighted by atomic mass is 16.5. The maximum absolute atomic E-state index is 13.0. The van der Waals surface area contributed by atoms with E-state index in [1.807, 2.05) is 45.7 Å². The van der Waals surface area contributed by atoms with Crippen molar-refractivity contribution in [2.75, 3.05) is 35.8 Å². The van der Waals surface area contributed by atoms with Gasteiger partial charge >= 0.3 is 0 Å². The van der Waals surface area contributed by atoms with E-state index in [-0.39, 0.29) is 17.4 Å². The molecule has 0 radical (unpaired) electrons. The van der Waals surface area contributed by atoms with Crippen LogP contribution in [0.25, 0.3) is 11.0 Å². The Labute approximate surface area is 214 Å². The lowest BCUT2D eigenvalue weighted by Gasteiger charge is -2.23. The van der Waals surface area contributed by atoms with Gasteiger partial charge in [-0.25, -0.2) is 19.9 Å². The number of carbonyl (C=O) groups excluding carboxylic acids is 1. The molecule has 0 bridgehead atoms. The normalized spacial score (nSPS) is 15.6. The van der Waals surface area contributed by atoms with Crippen molar-refractivity contribution in [3.63, 3.8) is 0 Å². The second-order valence-corrected chi connectivity index (χ2v) is 10.2. The van der Waals surface area contributed by atoms with Gasteiger partial charge in [0, 0.05) is 36.4 Å². The van der Waals surface area contributed by atoms with Crippen LogP contribution in [0.15, 0.2) is 41.3 Å². The van der Waals surface area contributed by atoms with Gasteiger partial charge in [-0.05, 0) is 31.0 Å². The predicted octanol–water partition coefficient (Wildman–Crippen LogP) is 4.23. The number of amides is 1. The zero-order valence-electron chi connectivity index (χ0n) is 21.6. The fourth-order valence-electron chi connectivity index (χ4n) is 4.00. The number of anilines is 4. The predicted molar refractivity (Wildman–Crippen MR) is 140 cm³/mol. The lowest BCUT2D eigenvalue weighted by Crippen LogP contribution is -2.33. The van der Waals surface area contributed by atoms with Crippen LogP contribution in [0.4, 0.5) is 23.3 Å². The summed E-state index contributed by atoms with van der Waals surface area (Å²) in [5, 5.41) is 10.1. The molecule has 1 atom stereocenters. The van der Waals surface area contributed by atoms with E-state index < -0.39 is 0 Å². The molecule has 2 N–H and O–H groups in total. The first-order valence-corrected chi connectivity index (χ1v) is 12.1. The van der Waals surface area contributed by atoms with Crippen LogP contribution in [0, 0.1) is 6.92 Å². The number of nitrogens with one attached hydrogen (secondary N) is 2. The summed E-state index contributed by atoms with van der Waals surface area (Å²) < 4.78 is 10.9. The van der Waals surface area contributed by atoms with E-state index in [9.17, 15) is 4.79 Å². The summed E-state index contributed by atoms with van der Waals surface area (Å²) in [5.74, 6) is 1.86. The van der Waals surface area contributed by atoms with Crippen LogP contribution in [-0.2, 0) is 10.2 Å². The van der Waals surface area contributed by atoms with E-state index in [0.717, 1.165) is 24.3 Å². The first-order valence-electron chi connectivity index (χ1n) is 12.1. The van der Waals surface area contributed by atoms with Crippen LogP contribution in [0.3, 0.4) is 0 Å². The zero-order valence-corrected chi connectivity index (χ0v) is 21.6. The van der Waals surface area contributed by atoms with Crippen LogP contribution in [0.5, 0.6) is 0 Å². The van der Waals surface area contributed by atoms with Crippen molar-refractivity contribution in [1.29, 1.82) is 0 Å². The minimum Gasteiger partial charge on any atom is -0.379 e. The number of aryl methyl sites for hydroxylation is 1. The number of aromatic nitrogens is 5. The standard InChI is InChI=1S/C26H30N8O3/c1-15-6-7-16(24(35)31-21-11-20(37-33-21)26(2,3)4)10-18(15)30-23-22-19(28-14-29-23)12-27-25(32-22)34(5)17-8-9-36-13-17/h6-7,10-12,14,17H,8-9,13H2,1-5H3,(H,28,29,30)(H,31,33,35). The highest BCUT2D eigenvalue weighted by Gasteiger charge is 2.23. The zero-order chi connectivity index (χ0) is 26.2. The van der Waals surface area contributed by atoms with Crippen molar-refractivity contribution in [2.24, 2.45) is 0 Å². The molecular weight excluding hydrogens is 472 g/mol. The van der Waals surface area contributed by atoms with Gasteiger partial charge in [-0.15, -0.1) is 0 Å². The Morgan fingerprint density at radius 2 is 2.00 bits per heavy atom. The molecule has 1 aliphatic rings. The Morgan fingerprint density at radius 3 is 2.73 bits per heavy atom. The van der Waals surface area contributed by atoms with Gasteiger partial charge in [0.2, 0.25) is 5.95 Å². The monoisotopic (exact) mass is 502 g/mol. The van der Waals surface area contributed by atoms with E-state index in [1.165, 1.54) is 6.33 Å². The molecule has 1 aromatic carbocycles. The number of ether oxygens (including phenoxy) is 1. The molecular formula is C26H30N8O3. The minimum atomic E-state index is -0.297. The molecule has 0 saturated carbocycles. The van der Waals surface area contributed by atoms with E-state index in [0.29, 0.717) is 46.5 Å². The van der Waals surface area contributed by atoms with Crippen LogP contribution in [0.1, 0.15) is 48.9 Å². The van der Waals surface area contributed by atoms with E-state index >= 15 is 0 Å². The molecule has 3 aromatic heterocycles. The van der Waals surface area contributed by atoms with Gasteiger partial charge in [0.05, 0.1) is 18.8 Å². The van der Waals surface area contributed by atoms with Crippen LogP contribution < -0.4 is 15.5 Å². The highest BCUT2D eigenvalue weighted by molar-refractivity contribution is 6.04. The third-order valence-electron chi connectivity index (χ3n) is 6.38. The Hall–Kier alpha value is -4.12. The van der Waals surface area contributed by atoms with Crippen molar-refractivity contribution >= 4 is 40.2 Å². The number of benzene rings is 1. The summed E-state index contributed by atoms with van der Waals surface area (Å²) in [6, 6.07) is 7.37. The lowest BCUT2D eigenvalue weighted by molar-refractivity contribution is 0.102. The number of likely N-dealkylation sites (N-methyl/N-ethyl adjacent to an activating group) is 1. The second-order valence-electron chi connectivity index (χ2n) is 10.2. The van der Waals surface area contributed by atoms with Crippen molar-refractivity contribution in [3.05, 3.63) is 53.7 Å². The fourth-order valence-corrected chi connectivity index (χ4v) is 4.00. The van der Waals surface area contributed by atoms with Gasteiger partial charge in [0.1, 0.15) is 23.1 Å². The summed E-state index contributed by atoms with van der Waals surface area (Å²) in [6.07, 6.45) is 4.08. The molecule has 11 heteroatoms.